The molecule has 0 saturated carbocycles. The molecule has 2 aromatic carbocycles. The number of nitrogens with zero attached hydrogens (tertiary/aromatic N) is 2. The van der Waals surface area contributed by atoms with E-state index in [2.05, 4.69) is 4.98 Å². The number of carbonyl (C=O) groups is 2. The molecule has 162 valence electrons. The van der Waals surface area contributed by atoms with Crippen LogP contribution in [0.5, 0.6) is 11.5 Å². The van der Waals surface area contributed by atoms with Crippen molar-refractivity contribution >= 4 is 17.4 Å². The maximum Gasteiger partial charge on any atom is 0.295 e. The van der Waals surface area contributed by atoms with Gasteiger partial charge in [-0.15, -0.1) is 0 Å². The molecule has 1 aromatic heterocycles. The lowest BCUT2D eigenvalue weighted by atomic mass is 9.95. The Hall–Kier alpha value is -4.13. The Labute approximate surface area is 185 Å². The monoisotopic (exact) mass is 430 g/mol. The number of methoxy groups -OCH3 is 2. The molecule has 0 unspecified atom stereocenters. The van der Waals surface area contributed by atoms with Crippen LogP contribution in [0.2, 0.25) is 0 Å². The Morgan fingerprint density at radius 3 is 2.41 bits per heavy atom. The predicted molar refractivity (Wildman–Crippen MR) is 118 cm³/mol. The van der Waals surface area contributed by atoms with E-state index in [1.807, 2.05) is 6.07 Å². The zero-order valence-corrected chi connectivity index (χ0v) is 17.7. The fraction of sp³-hybridized carbons (Fsp3) is 0.160. The van der Waals surface area contributed by atoms with E-state index in [9.17, 15) is 14.7 Å². The Morgan fingerprint density at radius 1 is 1.00 bits per heavy atom. The summed E-state index contributed by atoms with van der Waals surface area (Å²) in [5.41, 5.74) is 1.87. The smallest absolute Gasteiger partial charge is 0.295 e. The van der Waals surface area contributed by atoms with Crippen molar-refractivity contribution in [3.05, 3.63) is 95.3 Å². The molecule has 0 radical (unpaired) electrons. The number of hydrogen-bond acceptors (Lipinski definition) is 6. The van der Waals surface area contributed by atoms with E-state index >= 15 is 0 Å². The van der Waals surface area contributed by atoms with Gasteiger partial charge in [-0.2, -0.15) is 0 Å². The quantitative estimate of drug-likeness (QED) is 0.364. The normalized spacial score (nSPS) is 17.4. The highest BCUT2D eigenvalue weighted by molar-refractivity contribution is 6.46. The maximum atomic E-state index is 13.1. The molecule has 7 heteroatoms. The van der Waals surface area contributed by atoms with Gasteiger partial charge in [0.15, 0.2) is 0 Å². The highest BCUT2D eigenvalue weighted by Gasteiger charge is 2.46. The molecule has 1 N–H and O–H groups in total. The molecule has 4 rings (SSSR count). The number of ketones is 1. The Kier molecular flexibility index (Phi) is 5.89. The van der Waals surface area contributed by atoms with E-state index < -0.39 is 17.7 Å². The van der Waals surface area contributed by atoms with Crippen molar-refractivity contribution in [2.75, 3.05) is 14.2 Å². The van der Waals surface area contributed by atoms with E-state index in [4.69, 9.17) is 9.47 Å². The molecule has 1 atom stereocenters. The second-order valence-corrected chi connectivity index (χ2v) is 7.29. The molecule has 1 saturated heterocycles. The molecule has 1 aliphatic rings. The second kappa shape index (κ2) is 8.93. The summed E-state index contributed by atoms with van der Waals surface area (Å²) in [5.74, 6) is -0.503. The molecule has 0 aliphatic carbocycles. The topological polar surface area (TPSA) is 89.0 Å². The van der Waals surface area contributed by atoms with Crippen LogP contribution < -0.4 is 9.47 Å². The average Bonchev–Trinajstić information content (AvgIpc) is 3.09. The van der Waals surface area contributed by atoms with E-state index in [1.165, 1.54) is 12.0 Å². The number of aliphatic hydroxyl groups is 1. The largest absolute Gasteiger partial charge is 0.507 e. The van der Waals surface area contributed by atoms with Gasteiger partial charge in [-0.25, -0.2) is 0 Å². The third-order valence-electron chi connectivity index (χ3n) is 5.39. The summed E-state index contributed by atoms with van der Waals surface area (Å²) in [6.45, 7) is 0.171. The van der Waals surface area contributed by atoms with E-state index in [0.29, 0.717) is 22.6 Å². The van der Waals surface area contributed by atoms with Gasteiger partial charge in [0, 0.05) is 24.5 Å². The van der Waals surface area contributed by atoms with Gasteiger partial charge < -0.3 is 19.5 Å². The summed E-state index contributed by atoms with van der Waals surface area (Å²) in [6, 6.07) is 16.6. The minimum Gasteiger partial charge on any atom is -0.507 e. The van der Waals surface area contributed by atoms with Crippen molar-refractivity contribution in [1.82, 2.24) is 9.88 Å². The van der Waals surface area contributed by atoms with Crippen molar-refractivity contribution < 1.29 is 24.2 Å². The molecule has 7 nitrogen and oxygen atoms in total. The number of pyridine rings is 1. The van der Waals surface area contributed by atoms with Crippen LogP contribution in [0.3, 0.4) is 0 Å². The highest BCUT2D eigenvalue weighted by Crippen LogP contribution is 2.40. The van der Waals surface area contributed by atoms with Crippen molar-refractivity contribution in [1.29, 1.82) is 0 Å². The van der Waals surface area contributed by atoms with Gasteiger partial charge in [0.25, 0.3) is 11.7 Å². The summed E-state index contributed by atoms with van der Waals surface area (Å²) in [4.78, 5) is 31.7. The number of amides is 1. The minimum absolute atomic E-state index is 0.0253. The zero-order valence-electron chi connectivity index (χ0n) is 17.7. The van der Waals surface area contributed by atoms with Crippen LogP contribution in [0.25, 0.3) is 5.76 Å². The molecule has 0 bridgehead atoms. The number of benzene rings is 2. The summed E-state index contributed by atoms with van der Waals surface area (Å²) < 4.78 is 10.5. The van der Waals surface area contributed by atoms with Crippen LogP contribution in [0.4, 0.5) is 0 Å². The first-order valence-corrected chi connectivity index (χ1v) is 9.99. The van der Waals surface area contributed by atoms with Crippen molar-refractivity contribution in [3.8, 4) is 11.5 Å². The fourth-order valence-electron chi connectivity index (χ4n) is 3.79. The number of Topliss-reactive ketones (excluding diaryl/α,β-unsaturated/α-hetero) is 1. The summed E-state index contributed by atoms with van der Waals surface area (Å²) in [7, 11) is 3.08. The van der Waals surface area contributed by atoms with Gasteiger partial charge in [0.1, 0.15) is 17.3 Å². The van der Waals surface area contributed by atoms with Crippen LogP contribution >= 0.6 is 0 Å². The molecule has 3 aromatic rings. The van der Waals surface area contributed by atoms with Gasteiger partial charge >= 0.3 is 0 Å². The number of ether oxygens (including phenoxy) is 2. The van der Waals surface area contributed by atoms with E-state index in [1.54, 1.807) is 74.1 Å². The first kappa shape index (κ1) is 21.1. The predicted octanol–water partition coefficient (Wildman–Crippen LogP) is 3.72. The molecule has 1 aliphatic heterocycles. The number of likely N-dealkylation sites (tertiary alicyclic amines) is 1. The minimum atomic E-state index is -0.771. The Morgan fingerprint density at radius 2 is 1.75 bits per heavy atom. The molecular formula is C25H22N2O5. The number of hydrogen-bond donors (Lipinski definition) is 1. The van der Waals surface area contributed by atoms with Crippen LogP contribution in [0.15, 0.2) is 78.6 Å². The van der Waals surface area contributed by atoms with Crippen LogP contribution in [-0.4, -0.2) is 40.9 Å². The maximum absolute atomic E-state index is 13.1. The van der Waals surface area contributed by atoms with Gasteiger partial charge in [-0.3, -0.25) is 14.6 Å². The van der Waals surface area contributed by atoms with Gasteiger partial charge in [0.2, 0.25) is 0 Å². The number of carbonyl (C=O) groups excluding carboxylic acids is 2. The third-order valence-corrected chi connectivity index (χ3v) is 5.39. The second-order valence-electron chi connectivity index (χ2n) is 7.29. The van der Waals surface area contributed by atoms with Crippen molar-refractivity contribution in [2.24, 2.45) is 0 Å². The van der Waals surface area contributed by atoms with Gasteiger partial charge in [-0.1, -0.05) is 30.3 Å². The Balaban J connectivity index is 1.85. The number of aliphatic hydroxyl groups excluding tert-OH is 1. The lowest BCUT2D eigenvalue weighted by Gasteiger charge is -2.25. The SMILES string of the molecule is COc1ccc([C@@H]2/C(=C(\O)c3cccc(OC)c3)C(=O)C(=O)N2Cc2cccnc2)cc1. The van der Waals surface area contributed by atoms with Crippen molar-refractivity contribution in [2.45, 2.75) is 12.6 Å². The summed E-state index contributed by atoms with van der Waals surface area (Å²) in [6.07, 6.45) is 3.29. The molecule has 1 fully saturated rings. The molecular weight excluding hydrogens is 408 g/mol. The average molecular weight is 430 g/mol. The number of rotatable bonds is 6. The highest BCUT2D eigenvalue weighted by atomic mass is 16.5. The van der Waals surface area contributed by atoms with Crippen molar-refractivity contribution in [3.63, 3.8) is 0 Å². The molecule has 0 spiro atoms. The third kappa shape index (κ3) is 3.92. The fourth-order valence-corrected chi connectivity index (χ4v) is 3.79. The van der Waals surface area contributed by atoms with E-state index in [0.717, 1.165) is 5.56 Å². The molecule has 32 heavy (non-hydrogen) atoms. The van der Waals surface area contributed by atoms with E-state index in [-0.39, 0.29) is 17.9 Å². The van der Waals surface area contributed by atoms with Gasteiger partial charge in [0.05, 0.1) is 25.8 Å². The zero-order chi connectivity index (χ0) is 22.7. The summed E-state index contributed by atoms with van der Waals surface area (Å²) in [5, 5.41) is 11.1. The standard InChI is InChI=1S/C25H22N2O5/c1-31-19-10-8-17(9-11-19)22-21(23(28)18-6-3-7-20(13-18)32-2)24(29)25(30)27(22)15-16-5-4-12-26-14-16/h3-14,22,28H,15H2,1-2H3/b23-21+/t22-/m1/s1. The van der Waals surface area contributed by atoms with Gasteiger partial charge in [-0.05, 0) is 41.5 Å². The van der Waals surface area contributed by atoms with Crippen LogP contribution in [-0.2, 0) is 16.1 Å². The lowest BCUT2D eigenvalue weighted by molar-refractivity contribution is -0.140. The first-order valence-electron chi connectivity index (χ1n) is 9.99. The first-order chi connectivity index (χ1) is 15.5. The van der Waals surface area contributed by atoms with Crippen LogP contribution in [0, 0.1) is 0 Å². The summed E-state index contributed by atoms with van der Waals surface area (Å²) >= 11 is 0. The number of aromatic nitrogens is 1. The molecule has 1 amide bonds. The Bertz CT molecular complexity index is 1170. The van der Waals surface area contributed by atoms with Crippen LogP contribution in [0.1, 0.15) is 22.7 Å². The molecule has 2 heterocycles. The lowest BCUT2D eigenvalue weighted by Crippen LogP contribution is -2.29.